The van der Waals surface area contributed by atoms with Crippen molar-refractivity contribution in [2.45, 2.75) is 13.3 Å². The molecular weight excluding hydrogens is 188 g/mol. The summed E-state index contributed by atoms with van der Waals surface area (Å²) in [5.41, 5.74) is 2.12. The number of aromatic nitrogens is 3. The molecule has 0 aliphatic carbocycles. The predicted molar refractivity (Wildman–Crippen MR) is 60.1 cm³/mol. The second-order valence-electron chi connectivity index (χ2n) is 3.28. The van der Waals surface area contributed by atoms with Gasteiger partial charge < -0.3 is 5.32 Å². The zero-order chi connectivity index (χ0) is 10.5. The Morgan fingerprint density at radius 3 is 2.93 bits per heavy atom. The summed E-state index contributed by atoms with van der Waals surface area (Å²) in [4.78, 5) is 3.94. The molecule has 2 aromatic rings. The van der Waals surface area contributed by atoms with Gasteiger partial charge in [0.15, 0.2) is 0 Å². The van der Waals surface area contributed by atoms with Crippen molar-refractivity contribution in [3.63, 3.8) is 0 Å². The second-order valence-corrected chi connectivity index (χ2v) is 3.28. The van der Waals surface area contributed by atoms with Crippen LogP contribution in [0.1, 0.15) is 13.3 Å². The molecule has 0 amide bonds. The number of rotatable bonds is 4. The van der Waals surface area contributed by atoms with Crippen LogP contribution >= 0.6 is 0 Å². The number of nitrogens with zero attached hydrogens (tertiary/aromatic N) is 3. The van der Waals surface area contributed by atoms with Crippen molar-refractivity contribution < 1.29 is 0 Å². The average Bonchev–Trinajstić information content (AvgIpc) is 2.80. The van der Waals surface area contributed by atoms with Crippen LogP contribution in [0.5, 0.6) is 0 Å². The number of anilines is 1. The van der Waals surface area contributed by atoms with Gasteiger partial charge in [-0.25, -0.2) is 9.67 Å². The molecule has 1 heterocycles. The lowest BCUT2D eigenvalue weighted by Gasteiger charge is -2.10. The molecule has 0 aliphatic rings. The van der Waals surface area contributed by atoms with E-state index in [4.69, 9.17) is 0 Å². The summed E-state index contributed by atoms with van der Waals surface area (Å²) in [6.07, 6.45) is 4.34. The van der Waals surface area contributed by atoms with Crippen molar-refractivity contribution >= 4 is 5.69 Å². The Balaban J connectivity index is 2.30. The summed E-state index contributed by atoms with van der Waals surface area (Å²) in [6.45, 7) is 3.11. The van der Waals surface area contributed by atoms with E-state index in [0.717, 1.165) is 24.3 Å². The Morgan fingerprint density at radius 1 is 1.33 bits per heavy atom. The molecule has 0 aliphatic heterocycles. The molecule has 0 bridgehead atoms. The summed E-state index contributed by atoms with van der Waals surface area (Å²) in [5.74, 6) is 0. The topological polar surface area (TPSA) is 42.7 Å². The van der Waals surface area contributed by atoms with Crippen LogP contribution < -0.4 is 5.32 Å². The number of para-hydroxylation sites is 2. The SMILES string of the molecule is CCCNc1ccccc1-n1cncn1. The minimum absolute atomic E-state index is 0.964. The van der Waals surface area contributed by atoms with Crippen molar-refractivity contribution in [3.05, 3.63) is 36.9 Å². The second kappa shape index (κ2) is 4.59. The molecule has 1 aromatic heterocycles. The molecule has 0 unspecified atom stereocenters. The summed E-state index contributed by atoms with van der Waals surface area (Å²) in [5, 5.41) is 7.48. The predicted octanol–water partition coefficient (Wildman–Crippen LogP) is 2.09. The molecule has 78 valence electrons. The van der Waals surface area contributed by atoms with E-state index < -0.39 is 0 Å². The van der Waals surface area contributed by atoms with Crippen molar-refractivity contribution in [1.82, 2.24) is 14.8 Å². The van der Waals surface area contributed by atoms with Gasteiger partial charge in [-0.15, -0.1) is 0 Å². The Kier molecular flexibility index (Phi) is 2.97. The molecule has 4 heteroatoms. The van der Waals surface area contributed by atoms with Crippen molar-refractivity contribution in [3.8, 4) is 5.69 Å². The lowest BCUT2D eigenvalue weighted by Crippen LogP contribution is -2.05. The summed E-state index contributed by atoms with van der Waals surface area (Å²) < 4.78 is 1.76. The fourth-order valence-electron chi connectivity index (χ4n) is 1.42. The maximum Gasteiger partial charge on any atom is 0.138 e. The first-order chi connectivity index (χ1) is 7.42. The van der Waals surface area contributed by atoms with Gasteiger partial charge in [0.05, 0.1) is 11.4 Å². The van der Waals surface area contributed by atoms with E-state index in [-0.39, 0.29) is 0 Å². The zero-order valence-electron chi connectivity index (χ0n) is 8.72. The maximum atomic E-state index is 4.12. The summed E-state index contributed by atoms with van der Waals surface area (Å²) in [7, 11) is 0. The van der Waals surface area contributed by atoms with Crippen LogP contribution in [-0.4, -0.2) is 21.3 Å². The minimum atomic E-state index is 0.964. The largest absolute Gasteiger partial charge is 0.383 e. The Hall–Kier alpha value is -1.84. The Morgan fingerprint density at radius 2 is 2.20 bits per heavy atom. The van der Waals surface area contributed by atoms with Crippen molar-refractivity contribution in [1.29, 1.82) is 0 Å². The number of benzene rings is 1. The molecule has 0 saturated carbocycles. The highest BCUT2D eigenvalue weighted by Gasteiger charge is 2.02. The van der Waals surface area contributed by atoms with Crippen LogP contribution in [0.25, 0.3) is 5.69 Å². The molecule has 0 atom stereocenters. The molecule has 4 nitrogen and oxygen atoms in total. The van der Waals surface area contributed by atoms with Gasteiger partial charge in [0.2, 0.25) is 0 Å². The number of nitrogens with one attached hydrogen (secondary N) is 1. The monoisotopic (exact) mass is 202 g/mol. The van der Waals surface area contributed by atoms with Gasteiger partial charge in [0.25, 0.3) is 0 Å². The van der Waals surface area contributed by atoms with Crippen LogP contribution in [0.2, 0.25) is 0 Å². The average molecular weight is 202 g/mol. The van der Waals surface area contributed by atoms with E-state index in [9.17, 15) is 0 Å². The normalized spacial score (nSPS) is 10.2. The van der Waals surface area contributed by atoms with Gasteiger partial charge in [-0.05, 0) is 18.6 Å². The van der Waals surface area contributed by atoms with Gasteiger partial charge in [0.1, 0.15) is 12.7 Å². The third kappa shape index (κ3) is 2.15. The van der Waals surface area contributed by atoms with Crippen LogP contribution in [0.15, 0.2) is 36.9 Å². The highest BCUT2D eigenvalue weighted by molar-refractivity contribution is 5.60. The molecule has 1 N–H and O–H groups in total. The van der Waals surface area contributed by atoms with Gasteiger partial charge in [0, 0.05) is 6.54 Å². The Bertz CT molecular complexity index is 408. The molecule has 15 heavy (non-hydrogen) atoms. The molecule has 0 fully saturated rings. The third-order valence-electron chi connectivity index (χ3n) is 2.14. The van der Waals surface area contributed by atoms with E-state index in [1.165, 1.54) is 6.33 Å². The van der Waals surface area contributed by atoms with E-state index in [0.29, 0.717) is 0 Å². The van der Waals surface area contributed by atoms with Crippen molar-refractivity contribution in [2.75, 3.05) is 11.9 Å². The van der Waals surface area contributed by atoms with Crippen LogP contribution in [0.3, 0.4) is 0 Å². The van der Waals surface area contributed by atoms with Gasteiger partial charge in [-0.2, -0.15) is 5.10 Å². The van der Waals surface area contributed by atoms with Crippen molar-refractivity contribution in [2.24, 2.45) is 0 Å². The molecule has 2 rings (SSSR count). The highest BCUT2D eigenvalue weighted by atomic mass is 15.3. The summed E-state index contributed by atoms with van der Waals surface area (Å²) in [6, 6.07) is 8.08. The van der Waals surface area contributed by atoms with E-state index in [2.05, 4.69) is 22.3 Å². The van der Waals surface area contributed by atoms with Crippen LogP contribution in [0.4, 0.5) is 5.69 Å². The zero-order valence-corrected chi connectivity index (χ0v) is 8.72. The lowest BCUT2D eigenvalue weighted by molar-refractivity contribution is 0.875. The fourth-order valence-corrected chi connectivity index (χ4v) is 1.42. The number of hydrogen-bond acceptors (Lipinski definition) is 3. The molecule has 0 radical (unpaired) electrons. The molecule has 0 spiro atoms. The highest BCUT2D eigenvalue weighted by Crippen LogP contribution is 2.18. The standard InChI is InChI=1S/C11H14N4/c1-2-7-13-10-5-3-4-6-11(10)15-9-12-8-14-15/h3-6,8-9,13H,2,7H2,1H3. The van der Waals surface area contributed by atoms with Crippen LogP contribution in [0, 0.1) is 0 Å². The fraction of sp³-hybridized carbons (Fsp3) is 0.273. The third-order valence-corrected chi connectivity index (χ3v) is 2.14. The minimum Gasteiger partial charge on any atom is -0.383 e. The number of hydrogen-bond donors (Lipinski definition) is 1. The summed E-state index contributed by atoms with van der Waals surface area (Å²) >= 11 is 0. The first-order valence-corrected chi connectivity index (χ1v) is 5.09. The molecular formula is C11H14N4. The van der Waals surface area contributed by atoms with Gasteiger partial charge >= 0.3 is 0 Å². The van der Waals surface area contributed by atoms with E-state index >= 15 is 0 Å². The van der Waals surface area contributed by atoms with E-state index in [1.54, 1.807) is 11.0 Å². The lowest BCUT2D eigenvalue weighted by atomic mass is 10.2. The van der Waals surface area contributed by atoms with Gasteiger partial charge in [-0.1, -0.05) is 19.1 Å². The first-order valence-electron chi connectivity index (χ1n) is 5.09. The first kappa shape index (κ1) is 9.71. The van der Waals surface area contributed by atoms with Crippen LogP contribution in [-0.2, 0) is 0 Å². The van der Waals surface area contributed by atoms with Gasteiger partial charge in [-0.3, -0.25) is 0 Å². The molecule has 0 saturated heterocycles. The quantitative estimate of drug-likeness (QED) is 0.825. The smallest absolute Gasteiger partial charge is 0.138 e. The molecule has 1 aromatic carbocycles. The Labute approximate surface area is 89.0 Å². The van der Waals surface area contributed by atoms with E-state index in [1.807, 2.05) is 24.3 Å². The maximum absolute atomic E-state index is 4.12.